The van der Waals surface area contributed by atoms with Gasteiger partial charge in [-0.25, -0.2) is 4.39 Å². The molecule has 0 saturated carbocycles. The van der Waals surface area contributed by atoms with E-state index in [1.54, 1.807) is 48.8 Å². The van der Waals surface area contributed by atoms with Crippen LogP contribution in [-0.2, 0) is 29.1 Å². The van der Waals surface area contributed by atoms with Crippen LogP contribution in [0, 0.1) is 5.82 Å². The summed E-state index contributed by atoms with van der Waals surface area (Å²) in [5.74, 6) is -0.747. The van der Waals surface area contributed by atoms with Crippen molar-refractivity contribution in [3.05, 3.63) is 131 Å². The highest BCUT2D eigenvalue weighted by Gasteiger charge is 2.30. The minimum Gasteiger partial charge on any atom is -0.482 e. The number of pyridine rings is 1. The van der Waals surface area contributed by atoms with Gasteiger partial charge >= 0.3 is 0 Å². The number of rotatable bonds is 11. The summed E-state index contributed by atoms with van der Waals surface area (Å²) < 4.78 is 19.3. The Labute approximate surface area is 226 Å². The van der Waals surface area contributed by atoms with Crippen LogP contribution in [0.3, 0.4) is 0 Å². The van der Waals surface area contributed by atoms with Crippen molar-refractivity contribution in [2.24, 2.45) is 0 Å². The Morgan fingerprint density at radius 3 is 2.26 bits per heavy atom. The van der Waals surface area contributed by atoms with E-state index in [-0.39, 0.29) is 37.8 Å². The Morgan fingerprint density at radius 1 is 0.868 bits per heavy atom. The van der Waals surface area contributed by atoms with Gasteiger partial charge in [0.05, 0.1) is 5.02 Å². The molecule has 4 aromatic rings. The molecule has 1 atom stereocenters. The van der Waals surface area contributed by atoms with E-state index in [0.717, 1.165) is 11.1 Å². The summed E-state index contributed by atoms with van der Waals surface area (Å²) in [6.07, 6.45) is 3.58. The van der Waals surface area contributed by atoms with Crippen LogP contribution in [0.2, 0.25) is 5.02 Å². The van der Waals surface area contributed by atoms with Crippen molar-refractivity contribution in [1.29, 1.82) is 0 Å². The van der Waals surface area contributed by atoms with Crippen molar-refractivity contribution in [1.82, 2.24) is 15.2 Å². The van der Waals surface area contributed by atoms with Crippen LogP contribution in [0.15, 0.2) is 103 Å². The lowest BCUT2D eigenvalue weighted by Gasteiger charge is -2.31. The number of ether oxygens (including phenoxy) is 1. The van der Waals surface area contributed by atoms with Gasteiger partial charge in [0, 0.05) is 31.9 Å². The first-order valence-electron chi connectivity index (χ1n) is 12.1. The van der Waals surface area contributed by atoms with Crippen LogP contribution in [0.4, 0.5) is 4.39 Å². The van der Waals surface area contributed by atoms with Crippen LogP contribution >= 0.6 is 11.6 Å². The highest BCUT2D eigenvalue weighted by Crippen LogP contribution is 2.23. The standard InChI is InChI=1S/C30H27ClFN3O3/c31-26-8-4-5-9-28(26)38-21-29(36)35(20-24-10-12-25(32)13-11-24)27(18-22-6-2-1-3-7-22)30(37)34-19-23-14-16-33-17-15-23/h1-17,27H,18-21H2,(H,34,37)/t27-/m1/s1. The number of para-hydroxylation sites is 1. The SMILES string of the molecule is O=C(NCc1ccncc1)[C@@H](Cc1ccccc1)N(Cc1ccc(F)cc1)C(=O)COc1ccccc1Cl. The average Bonchev–Trinajstić information content (AvgIpc) is 2.95. The summed E-state index contributed by atoms with van der Waals surface area (Å²) in [4.78, 5) is 32.7. The fraction of sp³-hybridized carbons (Fsp3) is 0.167. The second-order valence-electron chi connectivity index (χ2n) is 8.65. The molecule has 6 nitrogen and oxygen atoms in total. The highest BCUT2D eigenvalue weighted by molar-refractivity contribution is 6.32. The number of carbonyl (C=O) groups is 2. The van der Waals surface area contributed by atoms with Crippen molar-refractivity contribution in [3.63, 3.8) is 0 Å². The molecular formula is C30H27ClFN3O3. The molecule has 0 aliphatic carbocycles. The lowest BCUT2D eigenvalue weighted by Crippen LogP contribution is -2.51. The number of amides is 2. The third-order valence-electron chi connectivity index (χ3n) is 5.94. The Hall–Kier alpha value is -4.23. The third-order valence-corrected chi connectivity index (χ3v) is 6.25. The molecule has 3 aromatic carbocycles. The summed E-state index contributed by atoms with van der Waals surface area (Å²) in [6.45, 7) is 0.0420. The number of nitrogens with one attached hydrogen (secondary N) is 1. The molecule has 1 heterocycles. The predicted molar refractivity (Wildman–Crippen MR) is 144 cm³/mol. The maximum Gasteiger partial charge on any atom is 0.261 e. The zero-order valence-corrected chi connectivity index (χ0v) is 21.4. The van der Waals surface area contributed by atoms with Gasteiger partial charge in [-0.15, -0.1) is 0 Å². The molecule has 0 unspecified atom stereocenters. The maximum atomic E-state index is 13.6. The molecule has 4 rings (SSSR count). The van der Waals surface area contributed by atoms with Crippen LogP contribution < -0.4 is 10.1 Å². The molecule has 0 fully saturated rings. The fourth-order valence-electron chi connectivity index (χ4n) is 3.93. The van der Waals surface area contributed by atoms with Gasteiger partial charge < -0.3 is 15.0 Å². The van der Waals surface area contributed by atoms with E-state index in [1.807, 2.05) is 42.5 Å². The number of hydrogen-bond donors (Lipinski definition) is 1. The van der Waals surface area contributed by atoms with Crippen LogP contribution in [0.25, 0.3) is 0 Å². The molecular weight excluding hydrogens is 505 g/mol. The zero-order chi connectivity index (χ0) is 26.7. The molecule has 0 radical (unpaired) electrons. The van der Waals surface area contributed by atoms with Gasteiger partial charge in [0.1, 0.15) is 17.6 Å². The first-order chi connectivity index (χ1) is 18.5. The molecule has 0 saturated heterocycles. The first kappa shape index (κ1) is 26.8. The van der Waals surface area contributed by atoms with E-state index in [0.29, 0.717) is 16.3 Å². The lowest BCUT2D eigenvalue weighted by molar-refractivity contribution is -0.142. The summed E-state index contributed by atoms with van der Waals surface area (Å²) in [5.41, 5.74) is 2.45. The lowest BCUT2D eigenvalue weighted by atomic mass is 10.0. The summed E-state index contributed by atoms with van der Waals surface area (Å²) in [5, 5.41) is 3.33. The number of hydrogen-bond acceptors (Lipinski definition) is 4. The molecule has 0 bridgehead atoms. The van der Waals surface area contributed by atoms with Crippen molar-refractivity contribution < 1.29 is 18.7 Å². The van der Waals surface area contributed by atoms with Gasteiger partial charge in [-0.3, -0.25) is 14.6 Å². The quantitative estimate of drug-likeness (QED) is 0.288. The zero-order valence-electron chi connectivity index (χ0n) is 20.6. The highest BCUT2D eigenvalue weighted by atomic mass is 35.5. The van der Waals surface area contributed by atoms with Crippen molar-refractivity contribution >= 4 is 23.4 Å². The van der Waals surface area contributed by atoms with Gasteiger partial charge in [0.25, 0.3) is 5.91 Å². The largest absolute Gasteiger partial charge is 0.482 e. The molecule has 0 aliphatic heterocycles. The Morgan fingerprint density at radius 2 is 1.55 bits per heavy atom. The number of halogens is 2. The number of carbonyl (C=O) groups excluding carboxylic acids is 2. The molecule has 0 aliphatic rings. The smallest absolute Gasteiger partial charge is 0.261 e. The maximum absolute atomic E-state index is 13.6. The normalized spacial score (nSPS) is 11.4. The number of aromatic nitrogens is 1. The summed E-state index contributed by atoms with van der Waals surface area (Å²) in [6, 6.07) is 24.9. The minimum absolute atomic E-state index is 0.0885. The summed E-state index contributed by atoms with van der Waals surface area (Å²) in [7, 11) is 0. The second-order valence-corrected chi connectivity index (χ2v) is 9.05. The monoisotopic (exact) mass is 531 g/mol. The van der Waals surface area contributed by atoms with E-state index in [4.69, 9.17) is 16.3 Å². The van der Waals surface area contributed by atoms with E-state index in [1.165, 1.54) is 17.0 Å². The molecule has 1 aromatic heterocycles. The van der Waals surface area contributed by atoms with Crippen molar-refractivity contribution in [2.45, 2.75) is 25.6 Å². The number of nitrogens with zero attached hydrogens (tertiary/aromatic N) is 2. The Balaban J connectivity index is 1.61. The van der Waals surface area contributed by atoms with Gasteiger partial charge in [-0.1, -0.05) is 66.2 Å². The molecule has 194 valence electrons. The van der Waals surface area contributed by atoms with E-state index in [2.05, 4.69) is 10.3 Å². The Bertz CT molecular complexity index is 1340. The minimum atomic E-state index is -0.855. The molecule has 38 heavy (non-hydrogen) atoms. The topological polar surface area (TPSA) is 71.5 Å². The van der Waals surface area contributed by atoms with E-state index < -0.39 is 11.9 Å². The summed E-state index contributed by atoms with van der Waals surface area (Å²) >= 11 is 6.20. The van der Waals surface area contributed by atoms with Gasteiger partial charge in [0.2, 0.25) is 5.91 Å². The molecule has 0 spiro atoms. The van der Waals surface area contributed by atoms with Crippen LogP contribution in [0.1, 0.15) is 16.7 Å². The Kier molecular flexibility index (Phi) is 9.43. The fourth-order valence-corrected chi connectivity index (χ4v) is 4.12. The van der Waals surface area contributed by atoms with Crippen LogP contribution in [0.5, 0.6) is 5.75 Å². The van der Waals surface area contributed by atoms with Gasteiger partial charge in [-0.2, -0.15) is 0 Å². The van der Waals surface area contributed by atoms with Gasteiger partial charge in [-0.05, 0) is 53.1 Å². The van der Waals surface area contributed by atoms with E-state index >= 15 is 0 Å². The van der Waals surface area contributed by atoms with Crippen molar-refractivity contribution in [3.8, 4) is 5.75 Å². The predicted octanol–water partition coefficient (Wildman–Crippen LogP) is 5.21. The average molecular weight is 532 g/mol. The second kappa shape index (κ2) is 13.4. The van der Waals surface area contributed by atoms with E-state index in [9.17, 15) is 14.0 Å². The van der Waals surface area contributed by atoms with Crippen molar-refractivity contribution in [2.75, 3.05) is 6.61 Å². The third kappa shape index (κ3) is 7.63. The molecule has 2 amide bonds. The van der Waals surface area contributed by atoms with Crippen LogP contribution in [-0.4, -0.2) is 34.3 Å². The number of benzene rings is 3. The molecule has 8 heteroatoms. The molecule has 1 N–H and O–H groups in total. The first-order valence-corrected chi connectivity index (χ1v) is 12.5. The van der Waals surface area contributed by atoms with Gasteiger partial charge in [0.15, 0.2) is 6.61 Å².